The summed E-state index contributed by atoms with van der Waals surface area (Å²) in [7, 11) is 0.0820. The maximum Gasteiger partial charge on any atom is 0.267 e. The zero-order valence-electron chi connectivity index (χ0n) is 19.7. The SMILES string of the molecule is COc1ccc(C)cc1-n1c(SCC(=O)N(C)C2CCS(=O)(=O)C2)nc2sc(C)c(C)c2c1=O. The molecular formula is C23H27N3O5S3. The molecule has 2 aromatic heterocycles. The number of aryl methyl sites for hydroxylation is 3. The van der Waals surface area contributed by atoms with Crippen molar-refractivity contribution in [2.45, 2.75) is 38.4 Å². The molecule has 182 valence electrons. The highest BCUT2D eigenvalue weighted by Crippen LogP contribution is 2.32. The fourth-order valence-electron chi connectivity index (χ4n) is 4.07. The molecule has 0 radical (unpaired) electrons. The van der Waals surface area contributed by atoms with Gasteiger partial charge in [-0.3, -0.25) is 14.2 Å². The topological polar surface area (TPSA) is 98.6 Å². The van der Waals surface area contributed by atoms with Gasteiger partial charge in [0.1, 0.15) is 10.6 Å². The molecular weight excluding hydrogens is 494 g/mol. The number of aromatic nitrogens is 2. The Morgan fingerprint density at radius 1 is 1.32 bits per heavy atom. The number of fused-ring (bicyclic) bond motifs is 1. The van der Waals surface area contributed by atoms with Crippen LogP contribution in [-0.2, 0) is 14.6 Å². The van der Waals surface area contributed by atoms with E-state index < -0.39 is 9.84 Å². The molecule has 1 aliphatic heterocycles. The van der Waals surface area contributed by atoms with Gasteiger partial charge in [-0.15, -0.1) is 11.3 Å². The van der Waals surface area contributed by atoms with Crippen molar-refractivity contribution in [3.8, 4) is 11.4 Å². The number of hydrogen-bond acceptors (Lipinski definition) is 8. The monoisotopic (exact) mass is 521 g/mol. The molecule has 1 fully saturated rings. The average molecular weight is 522 g/mol. The summed E-state index contributed by atoms with van der Waals surface area (Å²) in [5.74, 6) is 0.443. The van der Waals surface area contributed by atoms with Crippen LogP contribution in [0, 0.1) is 20.8 Å². The smallest absolute Gasteiger partial charge is 0.267 e. The largest absolute Gasteiger partial charge is 0.495 e. The summed E-state index contributed by atoms with van der Waals surface area (Å²) in [6.45, 7) is 5.80. The number of thiophene rings is 1. The van der Waals surface area contributed by atoms with Crippen molar-refractivity contribution in [1.82, 2.24) is 14.5 Å². The van der Waals surface area contributed by atoms with Crippen LogP contribution in [0.4, 0.5) is 0 Å². The first-order valence-corrected chi connectivity index (χ1v) is 14.4. The van der Waals surface area contributed by atoms with E-state index in [1.165, 1.54) is 32.6 Å². The van der Waals surface area contributed by atoms with Crippen LogP contribution in [0.2, 0.25) is 0 Å². The Morgan fingerprint density at radius 2 is 2.06 bits per heavy atom. The van der Waals surface area contributed by atoms with Gasteiger partial charge in [0.05, 0.1) is 35.4 Å². The lowest BCUT2D eigenvalue weighted by atomic mass is 10.2. The van der Waals surface area contributed by atoms with Crippen LogP contribution < -0.4 is 10.3 Å². The first-order chi connectivity index (χ1) is 16.0. The van der Waals surface area contributed by atoms with Crippen LogP contribution in [0.1, 0.15) is 22.4 Å². The number of carbonyl (C=O) groups is 1. The molecule has 0 bridgehead atoms. The predicted molar refractivity (Wildman–Crippen MR) is 137 cm³/mol. The highest BCUT2D eigenvalue weighted by atomic mass is 32.2. The lowest BCUT2D eigenvalue weighted by molar-refractivity contribution is -0.128. The van der Waals surface area contributed by atoms with Gasteiger partial charge in [0.15, 0.2) is 15.0 Å². The van der Waals surface area contributed by atoms with E-state index in [0.717, 1.165) is 16.0 Å². The van der Waals surface area contributed by atoms with Gasteiger partial charge in [0, 0.05) is 18.0 Å². The Morgan fingerprint density at radius 3 is 2.71 bits per heavy atom. The third-order valence-corrected chi connectivity index (χ3v) is 10.00. The van der Waals surface area contributed by atoms with Crippen LogP contribution in [-0.4, -0.2) is 66.2 Å². The summed E-state index contributed by atoms with van der Waals surface area (Å²) >= 11 is 2.62. The van der Waals surface area contributed by atoms with Gasteiger partial charge >= 0.3 is 0 Å². The predicted octanol–water partition coefficient (Wildman–Crippen LogP) is 3.12. The lowest BCUT2D eigenvalue weighted by Crippen LogP contribution is -2.39. The number of nitrogens with zero attached hydrogens (tertiary/aromatic N) is 3. The van der Waals surface area contributed by atoms with E-state index in [2.05, 4.69) is 0 Å². The molecule has 4 rings (SSSR count). The summed E-state index contributed by atoms with van der Waals surface area (Å²) in [5, 5.41) is 0.957. The number of sulfone groups is 1. The minimum absolute atomic E-state index is 0.0108. The Bertz CT molecular complexity index is 1440. The minimum Gasteiger partial charge on any atom is -0.495 e. The first-order valence-electron chi connectivity index (χ1n) is 10.8. The Kier molecular flexibility index (Phi) is 6.80. The van der Waals surface area contributed by atoms with Gasteiger partial charge in [-0.2, -0.15) is 0 Å². The van der Waals surface area contributed by atoms with E-state index in [9.17, 15) is 18.0 Å². The molecule has 1 saturated heterocycles. The second-order valence-electron chi connectivity index (χ2n) is 8.52. The van der Waals surface area contributed by atoms with Gasteiger partial charge in [-0.05, 0) is 50.5 Å². The fourth-order valence-corrected chi connectivity index (χ4v) is 7.85. The maximum atomic E-state index is 13.7. The van der Waals surface area contributed by atoms with Gasteiger partial charge in [0.25, 0.3) is 5.56 Å². The molecule has 0 spiro atoms. The second kappa shape index (κ2) is 9.35. The zero-order valence-corrected chi connectivity index (χ0v) is 22.2. The molecule has 1 atom stereocenters. The molecule has 0 aliphatic carbocycles. The first kappa shape index (κ1) is 24.7. The van der Waals surface area contributed by atoms with E-state index in [4.69, 9.17) is 9.72 Å². The van der Waals surface area contributed by atoms with Crippen molar-refractivity contribution in [2.75, 3.05) is 31.4 Å². The molecule has 0 N–H and O–H groups in total. The third-order valence-electron chi connectivity index (χ3n) is 6.22. The van der Waals surface area contributed by atoms with Crippen LogP contribution in [0.3, 0.4) is 0 Å². The van der Waals surface area contributed by atoms with Crippen molar-refractivity contribution in [2.24, 2.45) is 0 Å². The Balaban J connectivity index is 1.75. The normalized spacial score (nSPS) is 17.3. The maximum absolute atomic E-state index is 13.7. The molecule has 8 nitrogen and oxygen atoms in total. The molecule has 1 aliphatic rings. The summed E-state index contributed by atoms with van der Waals surface area (Å²) < 4.78 is 30.7. The number of thioether (sulfide) groups is 1. The van der Waals surface area contributed by atoms with Gasteiger partial charge < -0.3 is 9.64 Å². The minimum atomic E-state index is -3.10. The zero-order chi connectivity index (χ0) is 24.8. The Labute approximate surface area is 206 Å². The van der Waals surface area contributed by atoms with Crippen LogP contribution in [0.15, 0.2) is 28.2 Å². The average Bonchev–Trinajstić information content (AvgIpc) is 3.29. The molecule has 1 amide bonds. The van der Waals surface area contributed by atoms with E-state index >= 15 is 0 Å². The van der Waals surface area contributed by atoms with Crippen LogP contribution in [0.5, 0.6) is 5.75 Å². The molecule has 11 heteroatoms. The van der Waals surface area contributed by atoms with Crippen molar-refractivity contribution in [3.63, 3.8) is 0 Å². The summed E-state index contributed by atoms with van der Waals surface area (Å²) in [4.78, 5) is 34.6. The van der Waals surface area contributed by atoms with Crippen LogP contribution in [0.25, 0.3) is 15.9 Å². The van der Waals surface area contributed by atoms with Crippen molar-refractivity contribution in [3.05, 3.63) is 44.6 Å². The van der Waals surface area contributed by atoms with E-state index in [1.807, 2.05) is 32.9 Å². The van der Waals surface area contributed by atoms with Gasteiger partial charge in [0.2, 0.25) is 5.91 Å². The molecule has 1 unspecified atom stereocenters. The molecule has 0 saturated carbocycles. The van der Waals surface area contributed by atoms with E-state index in [0.29, 0.717) is 33.2 Å². The van der Waals surface area contributed by atoms with Crippen molar-refractivity contribution < 1.29 is 17.9 Å². The van der Waals surface area contributed by atoms with Crippen molar-refractivity contribution in [1.29, 1.82) is 0 Å². The number of benzene rings is 1. The summed E-state index contributed by atoms with van der Waals surface area (Å²) in [5.41, 5.74) is 2.21. The summed E-state index contributed by atoms with van der Waals surface area (Å²) in [6, 6.07) is 5.25. The van der Waals surface area contributed by atoms with Crippen molar-refractivity contribution >= 4 is 49.1 Å². The quantitative estimate of drug-likeness (QED) is 0.363. The lowest BCUT2D eigenvalue weighted by Gasteiger charge is -2.23. The van der Waals surface area contributed by atoms with Gasteiger partial charge in [-0.25, -0.2) is 13.4 Å². The highest BCUT2D eigenvalue weighted by Gasteiger charge is 2.33. The fraction of sp³-hybridized carbons (Fsp3) is 0.435. The number of carbonyl (C=O) groups excluding carboxylic acids is 1. The molecule has 34 heavy (non-hydrogen) atoms. The number of ether oxygens (including phenoxy) is 1. The van der Waals surface area contributed by atoms with Gasteiger partial charge in [-0.1, -0.05) is 17.8 Å². The standard InChI is InChI=1S/C23H27N3O5S3/c1-13-6-7-18(31-5)17(10-13)26-22(28)20-14(2)15(3)33-21(20)24-23(26)32-11-19(27)25(4)16-8-9-34(29,30)12-16/h6-7,10,16H,8-9,11-12H2,1-5H3. The van der Waals surface area contributed by atoms with E-state index in [1.54, 1.807) is 20.2 Å². The number of methoxy groups -OCH3 is 1. The molecule has 1 aromatic carbocycles. The molecule has 3 heterocycles. The van der Waals surface area contributed by atoms with E-state index in [-0.39, 0.29) is 34.8 Å². The van der Waals surface area contributed by atoms with Crippen LogP contribution >= 0.6 is 23.1 Å². The number of hydrogen-bond donors (Lipinski definition) is 0. The molecule has 3 aromatic rings. The third kappa shape index (κ3) is 4.60. The highest BCUT2D eigenvalue weighted by molar-refractivity contribution is 7.99. The number of amides is 1. The second-order valence-corrected chi connectivity index (χ2v) is 12.9. The summed E-state index contributed by atoms with van der Waals surface area (Å²) in [6.07, 6.45) is 0.443. The Hall–Kier alpha value is -2.37. The number of rotatable bonds is 6.